The van der Waals surface area contributed by atoms with E-state index < -0.39 is 0 Å². The van der Waals surface area contributed by atoms with Crippen LogP contribution in [0.1, 0.15) is 21.7 Å². The average Bonchev–Trinajstić information content (AvgIpc) is 2.74. The number of nitrogens with one attached hydrogen (secondary N) is 1. The molecule has 1 aromatic carbocycles. The monoisotopic (exact) mass is 232 g/mol. The minimum Gasteiger partial charge on any atom is -0.508 e. The van der Waals surface area contributed by atoms with Crippen LogP contribution in [0.5, 0.6) is 5.75 Å². The molecule has 0 bridgehead atoms. The van der Waals surface area contributed by atoms with E-state index in [0.717, 1.165) is 5.56 Å². The zero-order valence-corrected chi connectivity index (χ0v) is 9.30. The van der Waals surface area contributed by atoms with E-state index in [-0.39, 0.29) is 11.7 Å². The quantitative estimate of drug-likeness (QED) is 0.843. The van der Waals surface area contributed by atoms with Crippen LogP contribution in [-0.2, 0) is 6.54 Å². The number of carbonyl (C=O) groups excluding carboxylic acids is 1. The van der Waals surface area contributed by atoms with Gasteiger partial charge in [-0.3, -0.25) is 4.79 Å². The van der Waals surface area contributed by atoms with Crippen LogP contribution >= 0.6 is 0 Å². The molecule has 1 amide bonds. The van der Waals surface area contributed by atoms with Crippen molar-refractivity contribution in [2.75, 3.05) is 0 Å². The van der Waals surface area contributed by atoms with Gasteiger partial charge in [-0.15, -0.1) is 0 Å². The first-order valence-electron chi connectivity index (χ1n) is 5.14. The Hall–Kier alpha value is -2.30. The minimum absolute atomic E-state index is 0.204. The van der Waals surface area contributed by atoms with Crippen molar-refractivity contribution in [2.45, 2.75) is 13.5 Å². The van der Waals surface area contributed by atoms with Gasteiger partial charge in [0.1, 0.15) is 17.1 Å². The van der Waals surface area contributed by atoms with Crippen molar-refractivity contribution in [3.8, 4) is 5.75 Å². The highest BCUT2D eigenvalue weighted by Crippen LogP contribution is 2.10. The summed E-state index contributed by atoms with van der Waals surface area (Å²) in [6, 6.07) is 6.64. The molecular weight excluding hydrogens is 220 g/mol. The molecule has 0 aliphatic heterocycles. The number of aromatic nitrogens is 1. The highest BCUT2D eigenvalue weighted by molar-refractivity contribution is 5.94. The number of benzene rings is 1. The Bertz CT molecular complexity index is 517. The largest absolute Gasteiger partial charge is 0.508 e. The fraction of sp³-hybridized carbons (Fsp3) is 0.167. The summed E-state index contributed by atoms with van der Waals surface area (Å²) in [6.07, 6.45) is 1.39. The molecule has 0 saturated carbocycles. The molecule has 2 N–H and O–H groups in total. The van der Waals surface area contributed by atoms with Gasteiger partial charge >= 0.3 is 0 Å². The number of amides is 1. The molecule has 2 aromatic rings. The summed E-state index contributed by atoms with van der Waals surface area (Å²) in [5, 5.41) is 15.4. The third-order valence-electron chi connectivity index (χ3n) is 2.38. The van der Waals surface area contributed by atoms with Crippen LogP contribution in [0.3, 0.4) is 0 Å². The van der Waals surface area contributed by atoms with Gasteiger partial charge in [-0.1, -0.05) is 17.3 Å². The molecule has 0 fully saturated rings. The predicted octanol–water partition coefficient (Wildman–Crippen LogP) is 1.62. The number of carbonyl (C=O) groups is 1. The molecule has 0 aliphatic rings. The van der Waals surface area contributed by atoms with Gasteiger partial charge in [0.15, 0.2) is 0 Å². The Morgan fingerprint density at radius 3 is 2.71 bits per heavy atom. The predicted molar refractivity (Wildman–Crippen MR) is 60.5 cm³/mol. The third kappa shape index (κ3) is 2.63. The highest BCUT2D eigenvalue weighted by Gasteiger charge is 2.11. The molecule has 88 valence electrons. The molecule has 0 aliphatic carbocycles. The van der Waals surface area contributed by atoms with Gasteiger partial charge in [0.25, 0.3) is 5.91 Å². The van der Waals surface area contributed by atoms with E-state index in [2.05, 4.69) is 10.5 Å². The Labute approximate surface area is 98.1 Å². The normalized spacial score (nSPS) is 10.2. The van der Waals surface area contributed by atoms with Gasteiger partial charge in [0, 0.05) is 6.54 Å². The third-order valence-corrected chi connectivity index (χ3v) is 2.38. The summed E-state index contributed by atoms with van der Waals surface area (Å²) in [7, 11) is 0. The Morgan fingerprint density at radius 2 is 2.12 bits per heavy atom. The van der Waals surface area contributed by atoms with Crippen molar-refractivity contribution < 1.29 is 14.4 Å². The molecule has 0 spiro atoms. The molecule has 5 nitrogen and oxygen atoms in total. The molecule has 1 heterocycles. The molecule has 2 rings (SSSR count). The van der Waals surface area contributed by atoms with Crippen LogP contribution in [0.4, 0.5) is 0 Å². The van der Waals surface area contributed by atoms with E-state index in [1.54, 1.807) is 31.2 Å². The second kappa shape index (κ2) is 4.69. The van der Waals surface area contributed by atoms with E-state index in [9.17, 15) is 4.79 Å². The SMILES string of the molecule is Cc1oncc1C(=O)NCc1ccc(O)cc1. The summed E-state index contributed by atoms with van der Waals surface area (Å²) in [5.41, 5.74) is 1.34. The van der Waals surface area contributed by atoms with Gasteiger partial charge in [0.2, 0.25) is 0 Å². The molecule has 5 heteroatoms. The van der Waals surface area contributed by atoms with E-state index in [1.165, 1.54) is 6.20 Å². The standard InChI is InChI=1S/C12H12N2O3/c1-8-11(7-14-17-8)12(16)13-6-9-2-4-10(15)5-3-9/h2-5,7,15H,6H2,1H3,(H,13,16). The number of nitrogens with zero attached hydrogens (tertiary/aromatic N) is 1. The topological polar surface area (TPSA) is 75.4 Å². The second-order valence-electron chi connectivity index (χ2n) is 3.64. The smallest absolute Gasteiger partial charge is 0.256 e. The van der Waals surface area contributed by atoms with Crippen molar-refractivity contribution in [1.82, 2.24) is 10.5 Å². The number of hydrogen-bond acceptors (Lipinski definition) is 4. The van der Waals surface area contributed by atoms with Crippen LogP contribution in [0, 0.1) is 6.92 Å². The van der Waals surface area contributed by atoms with Crippen molar-refractivity contribution in [3.63, 3.8) is 0 Å². The van der Waals surface area contributed by atoms with Crippen molar-refractivity contribution in [1.29, 1.82) is 0 Å². The molecule has 17 heavy (non-hydrogen) atoms. The summed E-state index contributed by atoms with van der Waals surface area (Å²) in [5.74, 6) is 0.472. The first-order valence-corrected chi connectivity index (χ1v) is 5.14. The van der Waals surface area contributed by atoms with Crippen molar-refractivity contribution >= 4 is 5.91 Å². The van der Waals surface area contributed by atoms with Crippen LogP contribution in [0.2, 0.25) is 0 Å². The van der Waals surface area contributed by atoms with Crippen LogP contribution < -0.4 is 5.32 Å². The van der Waals surface area contributed by atoms with Gasteiger partial charge in [-0.05, 0) is 24.6 Å². The Morgan fingerprint density at radius 1 is 1.41 bits per heavy atom. The van der Waals surface area contributed by atoms with Gasteiger partial charge in [-0.2, -0.15) is 0 Å². The lowest BCUT2D eigenvalue weighted by Gasteiger charge is -2.04. The first-order chi connectivity index (χ1) is 8.16. The number of phenols is 1. The number of rotatable bonds is 3. The maximum absolute atomic E-state index is 11.7. The van der Waals surface area contributed by atoms with Gasteiger partial charge < -0.3 is 14.9 Å². The lowest BCUT2D eigenvalue weighted by atomic mass is 10.2. The zero-order chi connectivity index (χ0) is 12.3. The molecule has 1 aromatic heterocycles. The number of phenolic OH excluding ortho intramolecular Hbond substituents is 1. The molecular formula is C12H12N2O3. The summed E-state index contributed by atoms with van der Waals surface area (Å²) >= 11 is 0. The maximum Gasteiger partial charge on any atom is 0.256 e. The Balaban J connectivity index is 1.97. The van der Waals surface area contributed by atoms with Crippen LogP contribution in [-0.4, -0.2) is 16.2 Å². The first kappa shape index (κ1) is 11.2. The Kier molecular flexibility index (Phi) is 3.09. The molecule has 0 atom stereocenters. The average molecular weight is 232 g/mol. The summed E-state index contributed by atoms with van der Waals surface area (Å²) in [6.45, 7) is 2.08. The van der Waals surface area contributed by atoms with Crippen molar-refractivity contribution in [2.24, 2.45) is 0 Å². The number of hydrogen-bond donors (Lipinski definition) is 2. The lowest BCUT2D eigenvalue weighted by molar-refractivity contribution is 0.0949. The van der Waals surface area contributed by atoms with Gasteiger partial charge in [0.05, 0.1) is 6.20 Å². The second-order valence-corrected chi connectivity index (χ2v) is 3.64. The molecule has 0 radical (unpaired) electrons. The summed E-state index contributed by atoms with van der Waals surface area (Å²) in [4.78, 5) is 11.7. The minimum atomic E-state index is -0.225. The highest BCUT2D eigenvalue weighted by atomic mass is 16.5. The fourth-order valence-corrected chi connectivity index (χ4v) is 1.41. The van der Waals surface area contributed by atoms with Gasteiger partial charge in [-0.25, -0.2) is 0 Å². The summed E-state index contributed by atoms with van der Waals surface area (Å²) < 4.78 is 4.81. The van der Waals surface area contributed by atoms with Crippen molar-refractivity contribution in [3.05, 3.63) is 47.3 Å². The van der Waals surface area contributed by atoms with Crippen LogP contribution in [0.25, 0.3) is 0 Å². The number of aryl methyl sites for hydroxylation is 1. The fourth-order valence-electron chi connectivity index (χ4n) is 1.41. The maximum atomic E-state index is 11.7. The molecule has 0 saturated heterocycles. The van der Waals surface area contributed by atoms with E-state index in [4.69, 9.17) is 9.63 Å². The van der Waals surface area contributed by atoms with E-state index >= 15 is 0 Å². The van der Waals surface area contributed by atoms with Crippen LogP contribution in [0.15, 0.2) is 35.0 Å². The van der Waals surface area contributed by atoms with E-state index in [0.29, 0.717) is 17.9 Å². The molecule has 0 unspecified atom stereocenters. The number of aromatic hydroxyl groups is 1. The zero-order valence-electron chi connectivity index (χ0n) is 9.30. The lowest BCUT2D eigenvalue weighted by Crippen LogP contribution is -2.22. The van der Waals surface area contributed by atoms with E-state index in [1.807, 2.05) is 0 Å².